The van der Waals surface area contributed by atoms with Gasteiger partial charge in [0.2, 0.25) is 0 Å². The zero-order valence-electron chi connectivity index (χ0n) is 4.83. The Balaban J connectivity index is 2.51. The van der Waals surface area contributed by atoms with Crippen molar-refractivity contribution in [2.75, 3.05) is 0 Å². The average molecular weight is 106 g/mol. The van der Waals surface area contributed by atoms with Gasteiger partial charge in [-0.1, -0.05) is 6.08 Å². The molecule has 0 saturated carbocycles. The molecule has 0 bridgehead atoms. The third-order valence-corrected chi connectivity index (χ3v) is 0.914. The molecule has 41 valence electrons. The van der Waals surface area contributed by atoms with Gasteiger partial charge in [0.15, 0.2) is 0 Å². The van der Waals surface area contributed by atoms with Gasteiger partial charge in [-0.15, -0.1) is 0 Å². The first-order valence-corrected chi connectivity index (χ1v) is 2.64. The molecule has 0 aromatic heterocycles. The highest BCUT2D eigenvalue weighted by Gasteiger charge is 1.90. The molecule has 0 amide bonds. The normalized spacial score (nSPS) is 16.9. The molecule has 8 heavy (non-hydrogen) atoms. The van der Waals surface area contributed by atoms with Crippen molar-refractivity contribution in [1.82, 2.24) is 5.32 Å². The molecule has 0 spiro atoms. The summed E-state index contributed by atoms with van der Waals surface area (Å²) in [5.41, 5.74) is 1.03. The van der Waals surface area contributed by atoms with E-state index in [0.29, 0.717) is 0 Å². The third-order valence-electron chi connectivity index (χ3n) is 0.914. The molecule has 0 saturated heterocycles. The maximum Gasteiger partial charge on any atom is 0.0626 e. The van der Waals surface area contributed by atoms with Crippen LogP contribution in [0.2, 0.25) is 0 Å². The Kier molecular flexibility index (Phi) is 1.52. The fraction of sp³-hybridized carbons (Fsp3) is 0.143. The monoisotopic (exact) mass is 106 g/mol. The Morgan fingerprint density at radius 3 is 3.00 bits per heavy atom. The molecule has 1 aliphatic rings. The summed E-state index contributed by atoms with van der Waals surface area (Å²) in [7, 11) is 0. The summed E-state index contributed by atoms with van der Waals surface area (Å²) in [6.07, 6.45) is 9.63. The summed E-state index contributed by atoms with van der Waals surface area (Å²) in [6, 6.07) is 0. The molecular formula is C7H8N. The maximum atomic E-state index is 4.02. The van der Waals surface area contributed by atoms with Gasteiger partial charge in [-0.2, -0.15) is 0 Å². The van der Waals surface area contributed by atoms with E-state index in [4.69, 9.17) is 0 Å². The Labute approximate surface area is 49.4 Å². The first-order valence-electron chi connectivity index (χ1n) is 2.64. The lowest BCUT2D eigenvalue weighted by Crippen LogP contribution is -1.85. The lowest BCUT2D eigenvalue weighted by molar-refractivity contribution is 1.12. The summed E-state index contributed by atoms with van der Waals surface area (Å²) in [4.78, 5) is 0. The zero-order valence-corrected chi connectivity index (χ0v) is 4.83. The third kappa shape index (κ3) is 0.997. The van der Waals surface area contributed by atoms with Crippen LogP contribution in [-0.2, 0) is 0 Å². The minimum atomic E-state index is 1.03. The molecule has 0 aromatic carbocycles. The second kappa shape index (κ2) is 2.36. The van der Waals surface area contributed by atoms with Gasteiger partial charge in [-0.25, -0.2) is 0 Å². The van der Waals surface area contributed by atoms with Crippen molar-refractivity contribution in [3.63, 3.8) is 0 Å². The van der Waals surface area contributed by atoms with Crippen LogP contribution in [0.15, 0.2) is 36.2 Å². The summed E-state index contributed by atoms with van der Waals surface area (Å²) in [5, 5.41) is 4.02. The quantitative estimate of drug-likeness (QED) is 0.482. The van der Waals surface area contributed by atoms with E-state index in [9.17, 15) is 0 Å². The van der Waals surface area contributed by atoms with Crippen molar-refractivity contribution in [1.29, 1.82) is 0 Å². The van der Waals surface area contributed by atoms with Gasteiger partial charge in [0.05, 0.1) is 5.70 Å². The van der Waals surface area contributed by atoms with E-state index in [2.05, 4.69) is 5.32 Å². The highest BCUT2D eigenvalue weighted by atomic mass is 14.9. The number of allylic oxidation sites excluding steroid dienone is 4. The van der Waals surface area contributed by atoms with Crippen LogP contribution in [0.5, 0.6) is 0 Å². The highest BCUT2D eigenvalue weighted by molar-refractivity contribution is 5.27. The zero-order chi connectivity index (χ0) is 5.82. The SMILES string of the molecule is CC=CC1=CC=C[N]1. The number of rotatable bonds is 1. The smallest absolute Gasteiger partial charge is 0.0626 e. The van der Waals surface area contributed by atoms with Crippen molar-refractivity contribution in [3.05, 3.63) is 36.2 Å². The maximum absolute atomic E-state index is 4.02. The van der Waals surface area contributed by atoms with Crippen molar-refractivity contribution in [2.45, 2.75) is 6.92 Å². The van der Waals surface area contributed by atoms with Crippen LogP contribution in [0.1, 0.15) is 6.92 Å². The van der Waals surface area contributed by atoms with E-state index < -0.39 is 0 Å². The molecule has 0 aliphatic carbocycles. The lowest BCUT2D eigenvalue weighted by atomic mass is 10.4. The van der Waals surface area contributed by atoms with Gasteiger partial charge in [-0.3, -0.25) is 5.32 Å². The lowest BCUT2D eigenvalue weighted by Gasteiger charge is -1.86. The van der Waals surface area contributed by atoms with Crippen LogP contribution in [0.3, 0.4) is 0 Å². The van der Waals surface area contributed by atoms with E-state index in [1.165, 1.54) is 0 Å². The van der Waals surface area contributed by atoms with Gasteiger partial charge in [0.25, 0.3) is 0 Å². The topological polar surface area (TPSA) is 14.1 Å². The molecule has 1 aliphatic heterocycles. The van der Waals surface area contributed by atoms with E-state index in [1.54, 1.807) is 6.20 Å². The molecule has 0 aromatic rings. The first-order chi connectivity index (χ1) is 3.93. The number of nitrogens with zero attached hydrogens (tertiary/aromatic N) is 1. The highest BCUT2D eigenvalue weighted by Crippen LogP contribution is 2.00. The summed E-state index contributed by atoms with van der Waals surface area (Å²) in [5.74, 6) is 0. The second-order valence-electron chi connectivity index (χ2n) is 1.56. The Morgan fingerprint density at radius 1 is 1.62 bits per heavy atom. The molecule has 0 N–H and O–H groups in total. The molecule has 1 nitrogen and oxygen atoms in total. The second-order valence-corrected chi connectivity index (χ2v) is 1.56. The van der Waals surface area contributed by atoms with Crippen molar-refractivity contribution in [3.8, 4) is 0 Å². The van der Waals surface area contributed by atoms with Gasteiger partial charge < -0.3 is 0 Å². The van der Waals surface area contributed by atoms with Crippen LogP contribution >= 0.6 is 0 Å². The predicted molar refractivity (Wildman–Crippen MR) is 34.2 cm³/mol. The summed E-state index contributed by atoms with van der Waals surface area (Å²) in [6.45, 7) is 1.98. The van der Waals surface area contributed by atoms with E-state index in [1.807, 2.05) is 31.2 Å². The molecule has 1 heterocycles. The van der Waals surface area contributed by atoms with Gasteiger partial charge in [-0.05, 0) is 25.2 Å². The Hall–Kier alpha value is -0.980. The van der Waals surface area contributed by atoms with Crippen LogP contribution in [0.4, 0.5) is 0 Å². The largest absolute Gasteiger partial charge is 0.257 e. The van der Waals surface area contributed by atoms with Gasteiger partial charge in [0.1, 0.15) is 0 Å². The molecular weight excluding hydrogens is 98.1 g/mol. The fourth-order valence-electron chi connectivity index (χ4n) is 0.583. The molecule has 1 radical (unpaired) electrons. The fourth-order valence-corrected chi connectivity index (χ4v) is 0.583. The molecule has 0 unspecified atom stereocenters. The number of hydrogen-bond donors (Lipinski definition) is 0. The van der Waals surface area contributed by atoms with E-state index in [0.717, 1.165) is 5.70 Å². The summed E-state index contributed by atoms with van der Waals surface area (Å²) >= 11 is 0. The molecule has 1 rings (SSSR count). The number of hydrogen-bond acceptors (Lipinski definition) is 0. The Morgan fingerprint density at radius 2 is 2.50 bits per heavy atom. The predicted octanol–water partition coefficient (Wildman–Crippen LogP) is 1.58. The van der Waals surface area contributed by atoms with E-state index in [-0.39, 0.29) is 0 Å². The molecule has 1 heteroatoms. The summed E-state index contributed by atoms with van der Waals surface area (Å²) < 4.78 is 0. The van der Waals surface area contributed by atoms with Crippen LogP contribution in [-0.4, -0.2) is 0 Å². The first kappa shape index (κ1) is 5.16. The van der Waals surface area contributed by atoms with Crippen LogP contribution < -0.4 is 5.32 Å². The minimum Gasteiger partial charge on any atom is -0.257 e. The minimum absolute atomic E-state index is 1.03. The van der Waals surface area contributed by atoms with Crippen LogP contribution in [0.25, 0.3) is 0 Å². The molecule has 0 atom stereocenters. The van der Waals surface area contributed by atoms with Gasteiger partial charge in [0, 0.05) is 6.20 Å². The van der Waals surface area contributed by atoms with Crippen molar-refractivity contribution >= 4 is 0 Å². The Bertz CT molecular complexity index is 152. The van der Waals surface area contributed by atoms with Crippen LogP contribution in [0, 0.1) is 0 Å². The van der Waals surface area contributed by atoms with Crippen molar-refractivity contribution in [2.24, 2.45) is 0 Å². The standard InChI is InChI=1S/C7H8N/c1-2-4-7-5-3-6-8-7/h2-6H,1H3. The molecule has 0 fully saturated rings. The van der Waals surface area contributed by atoms with Crippen molar-refractivity contribution < 1.29 is 0 Å². The van der Waals surface area contributed by atoms with Gasteiger partial charge >= 0.3 is 0 Å². The average Bonchev–Trinajstić information content (AvgIpc) is 2.19. The van der Waals surface area contributed by atoms with E-state index >= 15 is 0 Å².